The molecular formula is C19H17Cl3N4O3S. The SMILES string of the molecule is CN(CC(=O)Nc1ccnn1Cc1c(Cl)cccc1Cl)S(=O)(=O)c1ccc(Cl)cc1. The molecule has 1 N–H and O–H groups in total. The van der Waals surface area contributed by atoms with E-state index in [2.05, 4.69) is 10.4 Å². The molecule has 0 radical (unpaired) electrons. The number of benzene rings is 2. The van der Waals surface area contributed by atoms with Crippen molar-refractivity contribution in [3.05, 3.63) is 75.4 Å². The summed E-state index contributed by atoms with van der Waals surface area (Å²) in [5.74, 6) is -0.143. The van der Waals surface area contributed by atoms with E-state index in [9.17, 15) is 13.2 Å². The normalized spacial score (nSPS) is 11.6. The van der Waals surface area contributed by atoms with Crippen LogP contribution < -0.4 is 5.32 Å². The second-order valence-electron chi connectivity index (χ2n) is 6.34. The highest BCUT2D eigenvalue weighted by Crippen LogP contribution is 2.26. The fraction of sp³-hybridized carbons (Fsp3) is 0.158. The lowest BCUT2D eigenvalue weighted by Crippen LogP contribution is -2.35. The van der Waals surface area contributed by atoms with Gasteiger partial charge in [-0.3, -0.25) is 4.79 Å². The van der Waals surface area contributed by atoms with E-state index < -0.39 is 15.9 Å². The number of nitrogens with zero attached hydrogens (tertiary/aromatic N) is 3. The van der Waals surface area contributed by atoms with Gasteiger partial charge in [-0.05, 0) is 36.4 Å². The summed E-state index contributed by atoms with van der Waals surface area (Å²) in [6.45, 7) is -0.150. The van der Waals surface area contributed by atoms with Gasteiger partial charge in [-0.15, -0.1) is 0 Å². The van der Waals surface area contributed by atoms with Crippen molar-refractivity contribution < 1.29 is 13.2 Å². The molecule has 0 saturated heterocycles. The third-order valence-corrected chi connectivity index (χ3v) is 7.02. The van der Waals surface area contributed by atoms with Crippen molar-refractivity contribution >= 4 is 56.6 Å². The molecule has 158 valence electrons. The van der Waals surface area contributed by atoms with E-state index in [1.165, 1.54) is 42.2 Å². The summed E-state index contributed by atoms with van der Waals surface area (Å²) >= 11 is 18.2. The van der Waals surface area contributed by atoms with Crippen molar-refractivity contribution in [2.24, 2.45) is 0 Å². The average Bonchev–Trinajstić information content (AvgIpc) is 3.11. The maximum absolute atomic E-state index is 12.6. The highest BCUT2D eigenvalue weighted by atomic mass is 35.5. The minimum absolute atomic E-state index is 0.0422. The third kappa shape index (κ3) is 5.14. The molecule has 0 fully saturated rings. The number of hydrogen-bond donors (Lipinski definition) is 1. The van der Waals surface area contributed by atoms with Gasteiger partial charge in [0.05, 0.1) is 24.2 Å². The summed E-state index contributed by atoms with van der Waals surface area (Å²) in [6.07, 6.45) is 1.51. The van der Waals surface area contributed by atoms with E-state index in [0.717, 1.165) is 4.31 Å². The average molecular weight is 488 g/mol. The predicted octanol–water partition coefficient (Wildman–Crippen LogP) is 4.15. The Hall–Kier alpha value is -2.10. The van der Waals surface area contributed by atoms with Crippen molar-refractivity contribution in [2.75, 3.05) is 18.9 Å². The van der Waals surface area contributed by atoms with E-state index in [-0.39, 0.29) is 18.0 Å². The van der Waals surface area contributed by atoms with Gasteiger partial charge in [0.1, 0.15) is 5.82 Å². The maximum Gasteiger partial charge on any atom is 0.243 e. The molecule has 3 rings (SSSR count). The molecule has 0 spiro atoms. The minimum atomic E-state index is -3.84. The molecule has 3 aromatic rings. The van der Waals surface area contributed by atoms with Crippen LogP contribution in [0.2, 0.25) is 15.1 Å². The molecule has 1 amide bonds. The van der Waals surface area contributed by atoms with Crippen molar-refractivity contribution in [3.63, 3.8) is 0 Å². The van der Waals surface area contributed by atoms with Gasteiger partial charge in [-0.2, -0.15) is 9.40 Å². The number of rotatable bonds is 7. The van der Waals surface area contributed by atoms with Crippen LogP contribution in [0.5, 0.6) is 0 Å². The number of carbonyl (C=O) groups is 1. The number of likely N-dealkylation sites (N-methyl/N-ethyl adjacent to an activating group) is 1. The molecule has 30 heavy (non-hydrogen) atoms. The van der Waals surface area contributed by atoms with Gasteiger partial charge in [0.15, 0.2) is 0 Å². The number of sulfonamides is 1. The van der Waals surface area contributed by atoms with Crippen LogP contribution in [0.25, 0.3) is 0 Å². The molecular weight excluding hydrogens is 471 g/mol. The monoisotopic (exact) mass is 486 g/mol. The first kappa shape index (κ1) is 22.6. The molecule has 0 saturated carbocycles. The molecule has 0 aliphatic heterocycles. The van der Waals surface area contributed by atoms with Crippen LogP contribution in [0.1, 0.15) is 5.56 Å². The number of halogens is 3. The Bertz CT molecular complexity index is 1140. The molecule has 0 aliphatic rings. The lowest BCUT2D eigenvalue weighted by Gasteiger charge is -2.17. The molecule has 0 atom stereocenters. The van der Waals surface area contributed by atoms with E-state index in [4.69, 9.17) is 34.8 Å². The fourth-order valence-corrected chi connectivity index (χ4v) is 4.42. The first-order valence-corrected chi connectivity index (χ1v) is 11.2. The molecule has 1 heterocycles. The number of hydrogen-bond acceptors (Lipinski definition) is 4. The zero-order valence-corrected chi connectivity index (χ0v) is 18.8. The summed E-state index contributed by atoms with van der Waals surface area (Å²) in [6, 6.07) is 12.5. The number of nitrogens with one attached hydrogen (secondary N) is 1. The molecule has 0 unspecified atom stereocenters. The van der Waals surface area contributed by atoms with Crippen molar-refractivity contribution in [1.29, 1.82) is 0 Å². The first-order valence-electron chi connectivity index (χ1n) is 8.65. The lowest BCUT2D eigenvalue weighted by atomic mass is 10.2. The maximum atomic E-state index is 12.6. The Labute approximate surface area is 189 Å². The Balaban J connectivity index is 1.70. The fourth-order valence-electron chi connectivity index (χ4n) is 2.65. The molecule has 1 aromatic heterocycles. The zero-order valence-electron chi connectivity index (χ0n) is 15.7. The van der Waals surface area contributed by atoms with Gasteiger partial charge in [-0.1, -0.05) is 40.9 Å². The summed E-state index contributed by atoms with van der Waals surface area (Å²) in [5, 5.41) is 8.20. The smallest absolute Gasteiger partial charge is 0.243 e. The summed E-state index contributed by atoms with van der Waals surface area (Å²) in [7, 11) is -2.52. The van der Waals surface area contributed by atoms with Crippen LogP contribution in [-0.2, 0) is 21.4 Å². The number of anilines is 1. The van der Waals surface area contributed by atoms with E-state index in [1.807, 2.05) is 0 Å². The first-order chi connectivity index (χ1) is 14.2. The van der Waals surface area contributed by atoms with Gasteiger partial charge in [-0.25, -0.2) is 13.1 Å². The van der Waals surface area contributed by atoms with E-state index >= 15 is 0 Å². The minimum Gasteiger partial charge on any atom is -0.310 e. The van der Waals surface area contributed by atoms with Crippen molar-refractivity contribution in [2.45, 2.75) is 11.4 Å². The number of aromatic nitrogens is 2. The van der Waals surface area contributed by atoms with E-state index in [0.29, 0.717) is 26.4 Å². The van der Waals surface area contributed by atoms with Crippen molar-refractivity contribution in [3.8, 4) is 0 Å². The third-order valence-electron chi connectivity index (χ3n) is 4.24. The van der Waals surface area contributed by atoms with Gasteiger partial charge < -0.3 is 5.32 Å². The summed E-state index contributed by atoms with van der Waals surface area (Å²) in [5.41, 5.74) is 0.655. The molecule has 7 nitrogen and oxygen atoms in total. The Kier molecular flexibility index (Phi) is 7.05. The summed E-state index contributed by atoms with van der Waals surface area (Å²) in [4.78, 5) is 12.5. The largest absolute Gasteiger partial charge is 0.310 e. The van der Waals surface area contributed by atoms with Gasteiger partial charge in [0.2, 0.25) is 15.9 Å². The topological polar surface area (TPSA) is 84.3 Å². The van der Waals surface area contributed by atoms with Crippen LogP contribution >= 0.6 is 34.8 Å². The second-order valence-corrected chi connectivity index (χ2v) is 9.63. The van der Waals surface area contributed by atoms with Crippen LogP contribution in [0, 0.1) is 0 Å². The Morgan fingerprint density at radius 2 is 1.70 bits per heavy atom. The van der Waals surface area contributed by atoms with Crippen LogP contribution in [0.4, 0.5) is 5.82 Å². The van der Waals surface area contributed by atoms with E-state index in [1.54, 1.807) is 24.3 Å². The number of carbonyl (C=O) groups excluding carboxylic acids is 1. The highest BCUT2D eigenvalue weighted by Gasteiger charge is 2.23. The lowest BCUT2D eigenvalue weighted by molar-refractivity contribution is -0.116. The van der Waals surface area contributed by atoms with Gasteiger partial charge >= 0.3 is 0 Å². The summed E-state index contributed by atoms with van der Waals surface area (Å²) < 4.78 is 27.7. The van der Waals surface area contributed by atoms with Crippen LogP contribution in [0.3, 0.4) is 0 Å². The molecule has 0 bridgehead atoms. The van der Waals surface area contributed by atoms with Crippen LogP contribution in [-0.4, -0.2) is 42.0 Å². The van der Waals surface area contributed by atoms with Crippen molar-refractivity contribution in [1.82, 2.24) is 14.1 Å². The zero-order chi connectivity index (χ0) is 21.9. The standard InChI is InChI=1S/C19H17Cl3N4O3S/c1-25(30(28,29)14-7-5-13(20)6-8-14)12-19(27)24-18-9-10-23-26(18)11-15-16(21)3-2-4-17(15)22/h2-10H,11-12H2,1H3,(H,24,27). The highest BCUT2D eigenvalue weighted by molar-refractivity contribution is 7.89. The number of amides is 1. The predicted molar refractivity (Wildman–Crippen MR) is 118 cm³/mol. The Morgan fingerprint density at radius 3 is 2.33 bits per heavy atom. The quantitative estimate of drug-likeness (QED) is 0.542. The van der Waals surface area contributed by atoms with Crippen LogP contribution in [0.15, 0.2) is 59.6 Å². The molecule has 0 aliphatic carbocycles. The molecule has 2 aromatic carbocycles. The van der Waals surface area contributed by atoms with Gasteiger partial charge in [0.25, 0.3) is 0 Å². The second kappa shape index (κ2) is 9.36. The molecule has 11 heteroatoms. The Morgan fingerprint density at radius 1 is 1.07 bits per heavy atom. The van der Waals surface area contributed by atoms with Gasteiger partial charge in [0, 0.05) is 33.7 Å².